The molecule has 0 aromatic heterocycles. The third-order valence-electron chi connectivity index (χ3n) is 3.49. The minimum absolute atomic E-state index is 0.0000488. The van der Waals surface area contributed by atoms with Crippen molar-refractivity contribution in [1.29, 1.82) is 0 Å². The first-order chi connectivity index (χ1) is 10.6. The fourth-order valence-corrected chi connectivity index (χ4v) is 2.26. The zero-order valence-electron chi connectivity index (χ0n) is 12.9. The molecule has 2 rings (SSSR count). The van der Waals surface area contributed by atoms with Gasteiger partial charge in [-0.3, -0.25) is 0 Å². The summed E-state index contributed by atoms with van der Waals surface area (Å²) in [5, 5.41) is 19.5. The Labute approximate surface area is 129 Å². The maximum atomic E-state index is 9.90. The monoisotopic (exact) mass is 304 g/mol. The van der Waals surface area contributed by atoms with E-state index in [1.807, 2.05) is 12.1 Å². The number of ether oxygens (including phenoxy) is 3. The van der Waals surface area contributed by atoms with Crippen molar-refractivity contribution in [1.82, 2.24) is 0 Å². The molecular weight excluding hydrogens is 284 g/mol. The standard InChI is InChI=1S/C17H20O5/c1-20-14-8-11(6-7-13(14)18)4-5-12-9-15(21-2)17(19)16(10-12)22-3/h6-10,18-19H,4-5H2,1-3H3. The predicted molar refractivity (Wildman–Crippen MR) is 83.3 cm³/mol. The first-order valence-corrected chi connectivity index (χ1v) is 6.88. The molecule has 0 saturated carbocycles. The third-order valence-corrected chi connectivity index (χ3v) is 3.49. The molecule has 22 heavy (non-hydrogen) atoms. The number of hydrogen-bond donors (Lipinski definition) is 2. The summed E-state index contributed by atoms with van der Waals surface area (Å²) in [5.74, 6) is 1.35. The van der Waals surface area contributed by atoms with E-state index in [1.54, 1.807) is 18.2 Å². The van der Waals surface area contributed by atoms with E-state index >= 15 is 0 Å². The lowest BCUT2D eigenvalue weighted by Gasteiger charge is -2.11. The van der Waals surface area contributed by atoms with Crippen LogP contribution in [0.15, 0.2) is 30.3 Å². The van der Waals surface area contributed by atoms with Gasteiger partial charge in [-0.25, -0.2) is 0 Å². The number of hydrogen-bond acceptors (Lipinski definition) is 5. The minimum atomic E-state index is 0.0000488. The molecule has 2 aromatic rings. The minimum Gasteiger partial charge on any atom is -0.504 e. The maximum Gasteiger partial charge on any atom is 0.200 e. The highest BCUT2D eigenvalue weighted by atomic mass is 16.5. The van der Waals surface area contributed by atoms with E-state index in [1.165, 1.54) is 21.3 Å². The molecule has 0 atom stereocenters. The molecule has 0 radical (unpaired) electrons. The fourth-order valence-electron chi connectivity index (χ4n) is 2.26. The van der Waals surface area contributed by atoms with Crippen molar-refractivity contribution in [3.8, 4) is 28.7 Å². The van der Waals surface area contributed by atoms with Crippen molar-refractivity contribution in [3.63, 3.8) is 0 Å². The van der Waals surface area contributed by atoms with Gasteiger partial charge >= 0.3 is 0 Å². The highest BCUT2D eigenvalue weighted by molar-refractivity contribution is 5.53. The van der Waals surface area contributed by atoms with Crippen molar-refractivity contribution in [2.75, 3.05) is 21.3 Å². The molecule has 0 aliphatic rings. The van der Waals surface area contributed by atoms with Gasteiger partial charge in [0, 0.05) is 0 Å². The largest absolute Gasteiger partial charge is 0.504 e. The van der Waals surface area contributed by atoms with Crippen LogP contribution in [-0.2, 0) is 12.8 Å². The fraction of sp³-hybridized carbons (Fsp3) is 0.294. The van der Waals surface area contributed by atoms with Crippen molar-refractivity contribution in [2.45, 2.75) is 12.8 Å². The van der Waals surface area contributed by atoms with Gasteiger partial charge in [0.25, 0.3) is 0 Å². The molecule has 2 aromatic carbocycles. The van der Waals surface area contributed by atoms with Crippen LogP contribution >= 0.6 is 0 Å². The molecule has 5 heteroatoms. The Bertz CT molecular complexity index is 626. The van der Waals surface area contributed by atoms with E-state index < -0.39 is 0 Å². The number of aromatic hydroxyl groups is 2. The van der Waals surface area contributed by atoms with Crippen molar-refractivity contribution in [2.24, 2.45) is 0 Å². The lowest BCUT2D eigenvalue weighted by molar-refractivity contribution is 0.339. The Hall–Kier alpha value is -2.56. The van der Waals surface area contributed by atoms with Gasteiger partial charge in [0.1, 0.15) is 0 Å². The van der Waals surface area contributed by atoms with Gasteiger partial charge in [0.2, 0.25) is 5.75 Å². The zero-order chi connectivity index (χ0) is 16.1. The number of phenols is 2. The second kappa shape index (κ2) is 6.93. The first kappa shape index (κ1) is 15.8. The van der Waals surface area contributed by atoms with E-state index in [0.29, 0.717) is 17.2 Å². The van der Waals surface area contributed by atoms with E-state index in [2.05, 4.69) is 0 Å². The van der Waals surface area contributed by atoms with E-state index in [0.717, 1.165) is 24.0 Å². The average molecular weight is 304 g/mol. The van der Waals surface area contributed by atoms with E-state index in [-0.39, 0.29) is 11.5 Å². The molecule has 0 aliphatic heterocycles. The number of aryl methyl sites for hydroxylation is 2. The summed E-state index contributed by atoms with van der Waals surface area (Å²) >= 11 is 0. The maximum absolute atomic E-state index is 9.90. The summed E-state index contributed by atoms with van der Waals surface area (Å²) in [7, 11) is 4.53. The summed E-state index contributed by atoms with van der Waals surface area (Å²) < 4.78 is 15.4. The second-order valence-electron chi connectivity index (χ2n) is 4.86. The molecule has 5 nitrogen and oxygen atoms in total. The molecular formula is C17H20O5. The SMILES string of the molecule is COc1cc(CCc2cc(OC)c(O)c(OC)c2)ccc1O. The normalized spacial score (nSPS) is 10.3. The molecule has 0 unspecified atom stereocenters. The van der Waals surface area contributed by atoms with Gasteiger partial charge in [0.15, 0.2) is 23.0 Å². The second-order valence-corrected chi connectivity index (χ2v) is 4.86. The van der Waals surface area contributed by atoms with Crippen LogP contribution in [0.25, 0.3) is 0 Å². The highest BCUT2D eigenvalue weighted by Crippen LogP contribution is 2.37. The molecule has 0 amide bonds. The predicted octanol–water partition coefficient (Wildman–Crippen LogP) is 2.91. The van der Waals surface area contributed by atoms with E-state index in [4.69, 9.17) is 14.2 Å². The first-order valence-electron chi connectivity index (χ1n) is 6.88. The third kappa shape index (κ3) is 3.36. The van der Waals surface area contributed by atoms with Crippen LogP contribution in [0.2, 0.25) is 0 Å². The summed E-state index contributed by atoms with van der Waals surface area (Å²) in [6.45, 7) is 0. The smallest absolute Gasteiger partial charge is 0.200 e. The lowest BCUT2D eigenvalue weighted by atomic mass is 10.0. The molecule has 0 heterocycles. The van der Waals surface area contributed by atoms with Crippen LogP contribution in [0.5, 0.6) is 28.7 Å². The Balaban J connectivity index is 2.17. The number of phenolic OH excluding ortho intramolecular Hbond substituents is 2. The van der Waals surface area contributed by atoms with Gasteiger partial charge in [-0.15, -0.1) is 0 Å². The van der Waals surface area contributed by atoms with Crippen molar-refractivity contribution in [3.05, 3.63) is 41.5 Å². The summed E-state index contributed by atoms with van der Waals surface area (Å²) in [5.41, 5.74) is 2.03. The zero-order valence-corrected chi connectivity index (χ0v) is 12.9. The van der Waals surface area contributed by atoms with Gasteiger partial charge < -0.3 is 24.4 Å². The highest BCUT2D eigenvalue weighted by Gasteiger charge is 2.11. The molecule has 0 fully saturated rings. The molecule has 0 bridgehead atoms. The Kier molecular flexibility index (Phi) is 4.99. The van der Waals surface area contributed by atoms with Crippen LogP contribution < -0.4 is 14.2 Å². The molecule has 0 aliphatic carbocycles. The van der Waals surface area contributed by atoms with E-state index in [9.17, 15) is 10.2 Å². The Morgan fingerprint density at radius 2 is 1.23 bits per heavy atom. The molecule has 2 N–H and O–H groups in total. The molecule has 118 valence electrons. The Morgan fingerprint density at radius 3 is 1.77 bits per heavy atom. The quantitative estimate of drug-likeness (QED) is 0.859. The topological polar surface area (TPSA) is 68.2 Å². The van der Waals surface area contributed by atoms with Gasteiger partial charge in [-0.2, -0.15) is 0 Å². The molecule has 0 saturated heterocycles. The lowest BCUT2D eigenvalue weighted by Crippen LogP contribution is -1.96. The number of rotatable bonds is 6. The van der Waals surface area contributed by atoms with Crippen LogP contribution in [0.3, 0.4) is 0 Å². The van der Waals surface area contributed by atoms with Gasteiger partial charge in [-0.05, 0) is 48.2 Å². The van der Waals surface area contributed by atoms with Gasteiger partial charge in [-0.1, -0.05) is 6.07 Å². The average Bonchev–Trinajstić information content (AvgIpc) is 2.54. The summed E-state index contributed by atoms with van der Waals surface area (Å²) in [6.07, 6.45) is 1.49. The number of methoxy groups -OCH3 is 3. The van der Waals surface area contributed by atoms with Crippen LogP contribution in [0.1, 0.15) is 11.1 Å². The summed E-state index contributed by atoms with van der Waals surface area (Å²) in [4.78, 5) is 0. The summed E-state index contributed by atoms with van der Waals surface area (Å²) in [6, 6.07) is 8.86. The van der Waals surface area contributed by atoms with Crippen molar-refractivity contribution >= 4 is 0 Å². The van der Waals surface area contributed by atoms with Gasteiger partial charge in [0.05, 0.1) is 21.3 Å². The Morgan fingerprint density at radius 1 is 0.727 bits per heavy atom. The van der Waals surface area contributed by atoms with Crippen LogP contribution in [0, 0.1) is 0 Å². The molecule has 0 spiro atoms. The van der Waals surface area contributed by atoms with Crippen LogP contribution in [-0.4, -0.2) is 31.5 Å². The number of benzene rings is 2. The van der Waals surface area contributed by atoms with Crippen molar-refractivity contribution < 1.29 is 24.4 Å². The van der Waals surface area contributed by atoms with Crippen LogP contribution in [0.4, 0.5) is 0 Å².